The predicted octanol–water partition coefficient (Wildman–Crippen LogP) is 3.60. The number of thiazole rings is 1. The van der Waals surface area contributed by atoms with E-state index in [2.05, 4.69) is 39.5 Å². The van der Waals surface area contributed by atoms with Crippen LogP contribution in [0.5, 0.6) is 0 Å². The van der Waals surface area contributed by atoms with Gasteiger partial charge >= 0.3 is 10.6 Å². The van der Waals surface area contributed by atoms with Gasteiger partial charge in [0.25, 0.3) is 4.92 Å². The van der Waals surface area contributed by atoms with E-state index in [1.165, 1.54) is 21.7 Å². The number of nitrogens with zero attached hydrogens (tertiary/aromatic N) is 3. The van der Waals surface area contributed by atoms with Crippen molar-refractivity contribution in [2.45, 2.75) is 13.5 Å². The summed E-state index contributed by atoms with van der Waals surface area (Å²) in [4.78, 5) is 12.0. The Morgan fingerprint density at radius 1 is 1.17 bits per heavy atom. The lowest BCUT2D eigenvalue weighted by Gasteiger charge is -1.98. The number of hydrogen-bond acceptors (Lipinski definition) is 2. The zero-order chi connectivity index (χ0) is 16.0. The number of rotatable bonds is 3. The maximum atomic E-state index is 10.9. The molecule has 0 aliphatic carbocycles. The maximum Gasteiger partial charge on any atom is 0.347 e. The third-order valence-corrected chi connectivity index (χ3v) is 5.09. The monoisotopic (exact) mass is 325 g/mol. The molecule has 0 aliphatic heterocycles. The topological polar surface area (TPSA) is 48.6 Å². The Morgan fingerprint density at radius 3 is 2.65 bits per heavy atom. The first-order valence-corrected chi connectivity index (χ1v) is 8.15. The van der Waals surface area contributed by atoms with Crippen LogP contribution in [0.25, 0.3) is 16.0 Å². The SMILES string of the molecule is Cc1csc2n1c1ccccc1[n+]2Cc1ccc([N+](=O)O)cc1. The van der Waals surface area contributed by atoms with Crippen LogP contribution < -0.4 is 4.57 Å². The van der Waals surface area contributed by atoms with Crippen molar-refractivity contribution in [2.24, 2.45) is 0 Å². The summed E-state index contributed by atoms with van der Waals surface area (Å²) in [7, 11) is 0. The number of benzene rings is 2. The number of fused-ring (bicyclic) bond motifs is 3. The third-order valence-electron chi connectivity index (χ3n) is 4.02. The van der Waals surface area contributed by atoms with Gasteiger partial charge in [0, 0.05) is 17.5 Å². The number of para-hydroxylation sites is 2. The van der Waals surface area contributed by atoms with Gasteiger partial charge in [-0.1, -0.05) is 23.5 Å². The third kappa shape index (κ3) is 2.19. The molecule has 114 valence electrons. The highest BCUT2D eigenvalue weighted by Crippen LogP contribution is 2.22. The van der Waals surface area contributed by atoms with Crippen molar-refractivity contribution < 1.29 is 14.7 Å². The molecular formula is C17H15N3O2S+2. The van der Waals surface area contributed by atoms with Gasteiger partial charge in [0.05, 0.1) is 4.91 Å². The molecule has 0 bridgehead atoms. The minimum atomic E-state index is -0.120. The van der Waals surface area contributed by atoms with Crippen molar-refractivity contribution in [3.63, 3.8) is 0 Å². The van der Waals surface area contributed by atoms with Crippen LogP contribution in [0, 0.1) is 11.8 Å². The van der Waals surface area contributed by atoms with Gasteiger partial charge in [-0.05, 0) is 36.8 Å². The van der Waals surface area contributed by atoms with Crippen LogP contribution in [0.1, 0.15) is 11.3 Å². The molecule has 0 atom stereocenters. The van der Waals surface area contributed by atoms with Crippen LogP contribution >= 0.6 is 11.3 Å². The highest BCUT2D eigenvalue weighted by molar-refractivity contribution is 7.14. The maximum absolute atomic E-state index is 10.9. The fourth-order valence-corrected chi connectivity index (χ4v) is 3.94. The number of aromatic nitrogens is 2. The Balaban J connectivity index is 1.85. The van der Waals surface area contributed by atoms with E-state index in [9.17, 15) is 4.91 Å². The van der Waals surface area contributed by atoms with Crippen LogP contribution in [0.15, 0.2) is 53.9 Å². The highest BCUT2D eigenvalue weighted by atomic mass is 32.1. The second-order valence-electron chi connectivity index (χ2n) is 5.51. The summed E-state index contributed by atoms with van der Waals surface area (Å²) in [6.07, 6.45) is 0. The smallest absolute Gasteiger partial charge is 0.241 e. The van der Waals surface area contributed by atoms with Gasteiger partial charge in [0.15, 0.2) is 11.0 Å². The zero-order valence-corrected chi connectivity index (χ0v) is 13.3. The molecule has 2 heterocycles. The first-order chi connectivity index (χ1) is 11.1. The lowest BCUT2D eigenvalue weighted by molar-refractivity contribution is -0.729. The average Bonchev–Trinajstić information content (AvgIpc) is 3.08. The molecule has 0 aliphatic rings. The largest absolute Gasteiger partial charge is 0.347 e. The minimum Gasteiger partial charge on any atom is -0.241 e. The lowest BCUT2D eigenvalue weighted by atomic mass is 10.2. The van der Waals surface area contributed by atoms with Gasteiger partial charge < -0.3 is 0 Å². The molecule has 0 spiro atoms. The van der Waals surface area contributed by atoms with E-state index >= 15 is 0 Å². The highest BCUT2D eigenvalue weighted by Gasteiger charge is 2.22. The van der Waals surface area contributed by atoms with Crippen LogP contribution in [0.3, 0.4) is 0 Å². The van der Waals surface area contributed by atoms with Crippen molar-refractivity contribution in [3.05, 3.63) is 70.1 Å². The first-order valence-electron chi connectivity index (χ1n) is 7.27. The van der Waals surface area contributed by atoms with Gasteiger partial charge in [-0.3, -0.25) is 0 Å². The first kappa shape index (κ1) is 13.9. The molecule has 23 heavy (non-hydrogen) atoms. The van der Waals surface area contributed by atoms with Gasteiger partial charge in [0.1, 0.15) is 12.2 Å². The molecule has 0 radical (unpaired) electrons. The second kappa shape index (κ2) is 5.17. The molecule has 4 aromatic rings. The van der Waals surface area contributed by atoms with E-state index in [-0.39, 0.29) is 10.6 Å². The van der Waals surface area contributed by atoms with Crippen molar-refractivity contribution >= 4 is 33.0 Å². The Hall–Kier alpha value is -2.73. The quantitative estimate of drug-likeness (QED) is 0.462. The van der Waals surface area contributed by atoms with Crippen LogP contribution in [0.4, 0.5) is 5.69 Å². The van der Waals surface area contributed by atoms with Crippen LogP contribution in [-0.4, -0.2) is 14.5 Å². The van der Waals surface area contributed by atoms with Gasteiger partial charge in [-0.25, -0.2) is 9.77 Å². The van der Waals surface area contributed by atoms with Crippen molar-refractivity contribution in [1.29, 1.82) is 0 Å². The van der Waals surface area contributed by atoms with Crippen molar-refractivity contribution in [1.82, 2.24) is 4.40 Å². The normalized spacial score (nSPS) is 11.3. The molecule has 5 nitrogen and oxygen atoms in total. The Kier molecular flexibility index (Phi) is 3.12. The fraction of sp³-hybridized carbons (Fsp3) is 0.118. The van der Waals surface area contributed by atoms with E-state index in [1.54, 1.807) is 23.5 Å². The van der Waals surface area contributed by atoms with Crippen LogP contribution in [0.2, 0.25) is 0 Å². The number of imidazole rings is 1. The van der Waals surface area contributed by atoms with E-state index < -0.39 is 0 Å². The molecule has 1 N–H and O–H groups in total. The number of aryl methyl sites for hydroxylation is 1. The number of hydrogen-bond donors (Lipinski definition) is 1. The fourth-order valence-electron chi connectivity index (χ4n) is 2.92. The van der Waals surface area contributed by atoms with Crippen molar-refractivity contribution in [3.8, 4) is 0 Å². The summed E-state index contributed by atoms with van der Waals surface area (Å²) < 4.78 is 4.54. The van der Waals surface area contributed by atoms with E-state index in [4.69, 9.17) is 5.21 Å². The van der Waals surface area contributed by atoms with Crippen LogP contribution in [-0.2, 0) is 6.54 Å². The average molecular weight is 325 g/mol. The summed E-state index contributed by atoms with van der Waals surface area (Å²) in [5, 5.41) is 11.1. The lowest BCUT2D eigenvalue weighted by Crippen LogP contribution is -2.33. The summed E-state index contributed by atoms with van der Waals surface area (Å²) in [6.45, 7) is 2.82. The molecule has 2 aromatic carbocycles. The van der Waals surface area contributed by atoms with Gasteiger partial charge in [-0.2, -0.15) is 4.40 Å². The van der Waals surface area contributed by atoms with Gasteiger partial charge in [0.2, 0.25) is 0 Å². The Morgan fingerprint density at radius 2 is 1.91 bits per heavy atom. The summed E-state index contributed by atoms with van der Waals surface area (Å²) in [5.41, 5.74) is 4.90. The van der Waals surface area contributed by atoms with E-state index in [0.29, 0.717) is 6.54 Å². The Bertz CT molecular complexity index is 1030. The van der Waals surface area contributed by atoms with E-state index in [0.717, 1.165) is 5.56 Å². The predicted molar refractivity (Wildman–Crippen MR) is 88.3 cm³/mol. The molecule has 0 saturated heterocycles. The summed E-state index contributed by atoms with van der Waals surface area (Å²) >= 11 is 1.72. The van der Waals surface area contributed by atoms with E-state index in [1.807, 2.05) is 18.2 Å². The second-order valence-corrected chi connectivity index (χ2v) is 6.35. The summed E-state index contributed by atoms with van der Waals surface area (Å²) in [5.74, 6) is 0. The summed E-state index contributed by atoms with van der Waals surface area (Å²) in [6, 6.07) is 15.3. The molecule has 0 saturated carbocycles. The zero-order valence-electron chi connectivity index (χ0n) is 12.5. The van der Waals surface area contributed by atoms with Gasteiger partial charge in [-0.15, -0.1) is 0 Å². The molecule has 4 rings (SSSR count). The molecule has 2 aromatic heterocycles. The Labute approximate surface area is 136 Å². The molecule has 0 fully saturated rings. The minimum absolute atomic E-state index is 0.120. The van der Waals surface area contributed by atoms with Crippen molar-refractivity contribution in [2.75, 3.05) is 0 Å². The molecule has 0 unspecified atom stereocenters. The molecule has 6 heteroatoms. The molecule has 0 amide bonds. The molecular weight excluding hydrogens is 310 g/mol. The standard InChI is InChI=1S/C17H15N3O2S/c1-12-11-23-17-18(15-4-2-3-5-16(15)19(12)17)10-13-6-8-14(9-7-13)20(21)22/h2-9,11H,10H2,1H3,(H,21,22)/q+2.